The molecule has 2 fully saturated rings. The smallest absolute Gasteiger partial charge is 0.290 e. The minimum Gasteiger partial charge on any atom is -0.488 e. The predicted molar refractivity (Wildman–Crippen MR) is 119 cm³/mol. The molecular weight excluding hydrogens is 418 g/mol. The number of carboxylic acid groups (broad SMARTS) is 1. The molecule has 2 N–H and O–H groups in total. The van der Waals surface area contributed by atoms with E-state index in [9.17, 15) is 5.11 Å². The van der Waals surface area contributed by atoms with E-state index in [-0.39, 0.29) is 12.6 Å². The third kappa shape index (κ3) is 7.21. The number of aliphatic hydroxyl groups excluding tert-OH is 1. The number of halogens is 1. The summed E-state index contributed by atoms with van der Waals surface area (Å²) in [5.74, 6) is 1.85. The lowest BCUT2D eigenvalue weighted by atomic mass is 9.78. The number of hydrogen-bond donors (Lipinski definition) is 2. The highest BCUT2D eigenvalue weighted by Gasteiger charge is 2.42. The number of carbonyl (C=O) groups is 1. The largest absolute Gasteiger partial charge is 0.488 e. The van der Waals surface area contributed by atoms with E-state index >= 15 is 0 Å². The van der Waals surface area contributed by atoms with Gasteiger partial charge in [0, 0.05) is 24.7 Å². The first-order chi connectivity index (χ1) is 15.1. The van der Waals surface area contributed by atoms with Gasteiger partial charge in [0.1, 0.15) is 11.9 Å². The van der Waals surface area contributed by atoms with Crippen LogP contribution < -0.4 is 4.74 Å². The van der Waals surface area contributed by atoms with E-state index in [0.29, 0.717) is 23.5 Å². The molecule has 4 atom stereocenters. The molecule has 2 aromatic rings. The van der Waals surface area contributed by atoms with Gasteiger partial charge in [-0.15, -0.1) is 0 Å². The van der Waals surface area contributed by atoms with Gasteiger partial charge in [-0.25, -0.2) is 0 Å². The molecule has 0 aromatic heterocycles. The lowest BCUT2D eigenvalue weighted by molar-refractivity contribution is -0.122. The van der Waals surface area contributed by atoms with Gasteiger partial charge in [-0.1, -0.05) is 48.0 Å². The lowest BCUT2D eigenvalue weighted by Crippen LogP contribution is -2.42. The number of likely N-dealkylation sites (tertiary alicyclic amines) is 1. The highest BCUT2D eigenvalue weighted by atomic mass is 35.5. The maximum atomic E-state index is 10.6. The molecule has 1 heterocycles. The van der Waals surface area contributed by atoms with Crippen molar-refractivity contribution in [2.75, 3.05) is 26.2 Å². The summed E-state index contributed by atoms with van der Waals surface area (Å²) in [6.07, 6.45) is 1.11. The Kier molecular flexibility index (Phi) is 9.15. The Hall–Kier alpha value is -2.12. The minimum atomic E-state index is -0.422. The number of fused-ring (bicyclic) bond motifs is 1. The van der Waals surface area contributed by atoms with Gasteiger partial charge in [0.15, 0.2) is 0 Å². The van der Waals surface area contributed by atoms with Gasteiger partial charge in [-0.3, -0.25) is 4.79 Å². The van der Waals surface area contributed by atoms with Crippen molar-refractivity contribution in [2.24, 2.45) is 11.8 Å². The zero-order valence-corrected chi connectivity index (χ0v) is 18.2. The van der Waals surface area contributed by atoms with Crippen molar-refractivity contribution in [2.45, 2.75) is 31.7 Å². The van der Waals surface area contributed by atoms with Crippen molar-refractivity contribution in [3.63, 3.8) is 0 Å². The molecule has 1 saturated carbocycles. The molecule has 1 aliphatic heterocycles. The highest BCUT2D eigenvalue weighted by Crippen LogP contribution is 2.38. The van der Waals surface area contributed by atoms with Crippen molar-refractivity contribution < 1.29 is 24.5 Å². The van der Waals surface area contributed by atoms with Crippen LogP contribution in [-0.2, 0) is 16.1 Å². The standard InChI is InChI=1S/C23H28ClNO3.CH2O2/c24-20-7-4-8-21(13-20)28-23-12-19-15-25(14-18(19)11-22(23)26)9-10-27-16-17-5-2-1-3-6-17;2-1-3/h1-8,13,18-19,22-23,26H,9-12,14-16H2;1H,(H,2,3)/t18-,19+,22+,23+;/m0./s1. The first-order valence-corrected chi connectivity index (χ1v) is 11.0. The van der Waals surface area contributed by atoms with Gasteiger partial charge in [0.25, 0.3) is 6.47 Å². The van der Waals surface area contributed by atoms with Gasteiger partial charge in [-0.2, -0.15) is 0 Å². The first-order valence-electron chi connectivity index (χ1n) is 10.6. The summed E-state index contributed by atoms with van der Waals surface area (Å²) < 4.78 is 11.9. The Morgan fingerprint density at radius 3 is 2.48 bits per heavy atom. The summed E-state index contributed by atoms with van der Waals surface area (Å²) in [4.78, 5) is 10.8. The molecule has 4 rings (SSSR count). The predicted octanol–water partition coefficient (Wildman–Crippen LogP) is 3.71. The number of benzene rings is 2. The average molecular weight is 448 g/mol. The summed E-state index contributed by atoms with van der Waals surface area (Å²) in [6.45, 7) is 4.19. The molecule has 0 spiro atoms. The van der Waals surface area contributed by atoms with E-state index in [1.54, 1.807) is 0 Å². The van der Waals surface area contributed by atoms with Crippen molar-refractivity contribution in [3.8, 4) is 5.75 Å². The van der Waals surface area contributed by atoms with Crippen molar-refractivity contribution in [1.82, 2.24) is 4.90 Å². The van der Waals surface area contributed by atoms with Crippen LogP contribution in [0.2, 0.25) is 5.02 Å². The molecule has 6 nitrogen and oxygen atoms in total. The van der Waals surface area contributed by atoms with E-state index in [4.69, 9.17) is 31.0 Å². The molecule has 1 aliphatic carbocycles. The van der Waals surface area contributed by atoms with Crippen LogP contribution in [0.1, 0.15) is 18.4 Å². The maximum Gasteiger partial charge on any atom is 0.290 e. The van der Waals surface area contributed by atoms with Gasteiger partial charge < -0.3 is 24.6 Å². The Bertz CT molecular complexity index is 806. The van der Waals surface area contributed by atoms with Crippen LogP contribution in [-0.4, -0.2) is 60.0 Å². The van der Waals surface area contributed by atoms with E-state index in [1.165, 1.54) is 5.56 Å². The number of ether oxygens (including phenoxy) is 2. The van der Waals surface area contributed by atoms with Crippen molar-refractivity contribution >= 4 is 18.1 Å². The number of hydrogen-bond acceptors (Lipinski definition) is 5. The summed E-state index contributed by atoms with van der Waals surface area (Å²) in [6, 6.07) is 17.7. The van der Waals surface area contributed by atoms with Crippen LogP contribution in [0.3, 0.4) is 0 Å². The molecule has 31 heavy (non-hydrogen) atoms. The fourth-order valence-corrected chi connectivity index (χ4v) is 4.65. The molecule has 0 radical (unpaired) electrons. The molecule has 168 valence electrons. The monoisotopic (exact) mass is 447 g/mol. The van der Waals surface area contributed by atoms with Crippen LogP contribution in [0.4, 0.5) is 0 Å². The summed E-state index contributed by atoms with van der Waals surface area (Å²) >= 11 is 6.05. The molecule has 2 aliphatic rings. The molecule has 0 amide bonds. The SMILES string of the molecule is O=CO.O[C@@H]1C[C@H]2CN(CCOCc3ccccc3)C[C@H]2C[C@H]1Oc1cccc(Cl)c1. The van der Waals surface area contributed by atoms with Gasteiger partial charge in [-0.05, 0) is 48.4 Å². The van der Waals surface area contributed by atoms with E-state index in [1.807, 2.05) is 42.5 Å². The Labute approximate surface area is 188 Å². The third-order valence-electron chi connectivity index (χ3n) is 5.91. The number of rotatable bonds is 7. The minimum absolute atomic E-state index is 0.158. The summed E-state index contributed by atoms with van der Waals surface area (Å²) in [7, 11) is 0. The second-order valence-corrected chi connectivity index (χ2v) is 8.51. The molecule has 7 heteroatoms. The summed E-state index contributed by atoms with van der Waals surface area (Å²) in [5, 5.41) is 18.1. The Morgan fingerprint density at radius 1 is 1.06 bits per heavy atom. The van der Waals surface area contributed by atoms with Gasteiger partial charge in [0.2, 0.25) is 0 Å². The quantitative estimate of drug-likeness (QED) is 0.497. The fraction of sp³-hybridized carbons (Fsp3) is 0.458. The molecule has 0 bridgehead atoms. The maximum absolute atomic E-state index is 10.6. The van der Waals surface area contributed by atoms with E-state index < -0.39 is 6.10 Å². The molecule has 2 aromatic carbocycles. The molecule has 1 saturated heterocycles. The molecule has 0 unspecified atom stereocenters. The van der Waals surface area contributed by atoms with Crippen LogP contribution in [0, 0.1) is 11.8 Å². The zero-order valence-electron chi connectivity index (χ0n) is 17.5. The van der Waals surface area contributed by atoms with E-state index in [0.717, 1.165) is 44.8 Å². The zero-order chi connectivity index (χ0) is 22.1. The highest BCUT2D eigenvalue weighted by molar-refractivity contribution is 6.30. The van der Waals surface area contributed by atoms with Gasteiger partial charge in [0.05, 0.1) is 19.3 Å². The van der Waals surface area contributed by atoms with Crippen LogP contribution >= 0.6 is 11.6 Å². The first kappa shape index (κ1) is 23.5. The van der Waals surface area contributed by atoms with Crippen LogP contribution in [0.5, 0.6) is 5.75 Å². The average Bonchev–Trinajstić information content (AvgIpc) is 3.14. The lowest BCUT2D eigenvalue weighted by Gasteiger charge is -2.35. The normalized spacial score (nSPS) is 25.2. The van der Waals surface area contributed by atoms with Crippen molar-refractivity contribution in [1.29, 1.82) is 0 Å². The number of aliphatic hydroxyl groups is 1. The number of nitrogens with zero attached hydrogens (tertiary/aromatic N) is 1. The Morgan fingerprint density at radius 2 is 1.77 bits per heavy atom. The molecular formula is C24H30ClNO5. The topological polar surface area (TPSA) is 79.2 Å². The van der Waals surface area contributed by atoms with Crippen LogP contribution in [0.15, 0.2) is 54.6 Å². The Balaban J connectivity index is 0.000000858. The summed E-state index contributed by atoms with van der Waals surface area (Å²) in [5.41, 5.74) is 1.21. The van der Waals surface area contributed by atoms with E-state index in [2.05, 4.69) is 17.0 Å². The van der Waals surface area contributed by atoms with Gasteiger partial charge >= 0.3 is 0 Å². The third-order valence-corrected chi connectivity index (χ3v) is 6.14. The fourth-order valence-electron chi connectivity index (χ4n) is 4.47. The van der Waals surface area contributed by atoms with Crippen molar-refractivity contribution in [3.05, 3.63) is 65.2 Å². The van der Waals surface area contributed by atoms with Crippen LogP contribution in [0.25, 0.3) is 0 Å². The second-order valence-electron chi connectivity index (χ2n) is 8.08. The second kappa shape index (κ2) is 12.1.